The molecule has 5 rings (SSSR count). The van der Waals surface area contributed by atoms with Crippen LogP contribution in [-0.2, 0) is 17.9 Å². The Balaban J connectivity index is 1.34. The Kier molecular flexibility index (Phi) is 8.37. The second-order valence-electron chi connectivity index (χ2n) is 9.70. The molecule has 4 aromatic rings. The number of fused-ring (bicyclic) bond motifs is 1. The average Bonchev–Trinajstić information content (AvgIpc) is 3.53. The number of rotatable bonds is 11. The van der Waals surface area contributed by atoms with Crippen LogP contribution in [-0.4, -0.2) is 62.9 Å². The van der Waals surface area contributed by atoms with Crippen molar-refractivity contribution >= 4 is 23.2 Å². The maximum absolute atomic E-state index is 11.4. The van der Waals surface area contributed by atoms with Gasteiger partial charge in [0.2, 0.25) is 11.8 Å². The fourth-order valence-corrected chi connectivity index (χ4v) is 4.96. The zero-order valence-electron chi connectivity index (χ0n) is 21.9. The van der Waals surface area contributed by atoms with Crippen LogP contribution in [0.2, 0.25) is 5.02 Å². The maximum Gasteiger partial charge on any atom is 0.220 e. The van der Waals surface area contributed by atoms with Crippen molar-refractivity contribution in [1.29, 1.82) is 0 Å². The Morgan fingerprint density at radius 3 is 2.67 bits per heavy atom. The van der Waals surface area contributed by atoms with Crippen LogP contribution in [0.1, 0.15) is 31.0 Å². The number of pyridine rings is 1. The topological polar surface area (TPSA) is 126 Å². The highest BCUT2D eigenvalue weighted by atomic mass is 35.5. The lowest BCUT2D eigenvalue weighted by Crippen LogP contribution is -2.35. The molecule has 4 heterocycles. The number of carbonyl (C=O) groups is 1. The second kappa shape index (κ2) is 12.1. The summed E-state index contributed by atoms with van der Waals surface area (Å²) in [6, 6.07) is 13.7. The first-order valence-electron chi connectivity index (χ1n) is 13.0. The van der Waals surface area contributed by atoms with Gasteiger partial charge in [-0.25, -0.2) is 14.5 Å². The van der Waals surface area contributed by atoms with Crippen LogP contribution < -0.4 is 20.7 Å². The van der Waals surface area contributed by atoms with Gasteiger partial charge in [0.25, 0.3) is 0 Å². The van der Waals surface area contributed by atoms with Gasteiger partial charge in [0.1, 0.15) is 0 Å². The van der Waals surface area contributed by atoms with Gasteiger partial charge in [0, 0.05) is 55.3 Å². The highest BCUT2D eigenvalue weighted by molar-refractivity contribution is 6.36. The van der Waals surface area contributed by atoms with Crippen LogP contribution in [0.25, 0.3) is 28.2 Å². The summed E-state index contributed by atoms with van der Waals surface area (Å²) in [7, 11) is 1.60. The van der Waals surface area contributed by atoms with E-state index in [0.29, 0.717) is 54.9 Å². The van der Waals surface area contributed by atoms with Gasteiger partial charge in [-0.05, 0) is 31.5 Å². The number of aliphatic hydroxyl groups is 1. The molecule has 0 spiro atoms. The number of imidazole rings is 1. The van der Waals surface area contributed by atoms with Crippen molar-refractivity contribution < 1.29 is 14.6 Å². The van der Waals surface area contributed by atoms with E-state index < -0.39 is 6.10 Å². The summed E-state index contributed by atoms with van der Waals surface area (Å²) in [6.45, 7) is 4.03. The number of hydrogen-bond donors (Lipinski definition) is 4. The maximum atomic E-state index is 11.4. The first-order valence-corrected chi connectivity index (χ1v) is 13.4. The number of nitrogens with one attached hydrogen (secondary N) is 3. The number of amides is 1. The second-order valence-corrected chi connectivity index (χ2v) is 10.1. The molecule has 10 nitrogen and oxygen atoms in total. The molecule has 1 fully saturated rings. The van der Waals surface area contributed by atoms with E-state index in [9.17, 15) is 9.90 Å². The van der Waals surface area contributed by atoms with Crippen LogP contribution in [0, 0.1) is 0 Å². The highest BCUT2D eigenvalue weighted by Crippen LogP contribution is 2.36. The quantitative estimate of drug-likeness (QED) is 0.225. The lowest BCUT2D eigenvalue weighted by atomic mass is 10.0. The SMILES string of the molecule is COc1nc(-c2cccc(-c3ccc4nc(CNCC(C)O)cn4n3)c2Cl)ccc1CNC[C@@H]1CCC(=O)N1. The van der Waals surface area contributed by atoms with Crippen molar-refractivity contribution in [2.45, 2.75) is 45.0 Å². The third-order valence-electron chi connectivity index (χ3n) is 6.59. The molecule has 0 aliphatic carbocycles. The van der Waals surface area contributed by atoms with Crippen molar-refractivity contribution in [3.05, 3.63) is 64.9 Å². The van der Waals surface area contributed by atoms with E-state index in [-0.39, 0.29) is 11.9 Å². The van der Waals surface area contributed by atoms with E-state index in [1.165, 1.54) is 0 Å². The zero-order chi connectivity index (χ0) is 27.4. The van der Waals surface area contributed by atoms with Gasteiger partial charge in [-0.15, -0.1) is 0 Å². The van der Waals surface area contributed by atoms with E-state index in [1.54, 1.807) is 18.5 Å². The van der Waals surface area contributed by atoms with Crippen LogP contribution in [0.3, 0.4) is 0 Å². The molecular weight excluding hydrogens is 518 g/mol. The predicted molar refractivity (Wildman–Crippen MR) is 149 cm³/mol. The summed E-state index contributed by atoms with van der Waals surface area (Å²) < 4.78 is 7.32. The molecule has 4 N–H and O–H groups in total. The minimum absolute atomic E-state index is 0.107. The fraction of sp³-hybridized carbons (Fsp3) is 0.357. The van der Waals surface area contributed by atoms with Gasteiger partial charge < -0.3 is 25.8 Å². The molecule has 0 bridgehead atoms. The number of hydrogen-bond acceptors (Lipinski definition) is 8. The molecule has 3 aromatic heterocycles. The largest absolute Gasteiger partial charge is 0.481 e. The summed E-state index contributed by atoms with van der Waals surface area (Å²) in [5.41, 5.74) is 5.44. The molecule has 0 radical (unpaired) electrons. The zero-order valence-corrected chi connectivity index (χ0v) is 22.7. The van der Waals surface area contributed by atoms with Crippen molar-refractivity contribution in [3.63, 3.8) is 0 Å². The van der Waals surface area contributed by atoms with Crippen molar-refractivity contribution in [2.75, 3.05) is 20.2 Å². The molecule has 39 heavy (non-hydrogen) atoms. The number of aromatic nitrogens is 4. The number of benzene rings is 1. The lowest BCUT2D eigenvalue weighted by Gasteiger charge is -2.14. The summed E-state index contributed by atoms with van der Waals surface area (Å²) in [4.78, 5) is 20.7. The molecule has 11 heteroatoms. The van der Waals surface area contributed by atoms with Crippen LogP contribution in [0.15, 0.2) is 48.7 Å². The molecule has 1 amide bonds. The highest BCUT2D eigenvalue weighted by Gasteiger charge is 2.20. The molecular formula is C28H32ClN7O3. The first kappa shape index (κ1) is 27.0. The van der Waals surface area contributed by atoms with Crippen molar-refractivity contribution in [2.24, 2.45) is 0 Å². The Hall–Kier alpha value is -3.57. The molecule has 1 saturated heterocycles. The normalized spacial score (nSPS) is 16.0. The Bertz CT molecular complexity index is 1470. The molecule has 0 saturated carbocycles. The van der Waals surface area contributed by atoms with Crippen LogP contribution in [0.4, 0.5) is 0 Å². The first-order chi connectivity index (χ1) is 18.9. The molecule has 1 unspecified atom stereocenters. The van der Waals surface area contributed by atoms with Crippen LogP contribution >= 0.6 is 11.6 Å². The molecule has 1 aliphatic rings. The minimum Gasteiger partial charge on any atom is -0.481 e. The average molecular weight is 550 g/mol. The summed E-state index contributed by atoms with van der Waals surface area (Å²) >= 11 is 6.91. The predicted octanol–water partition coefficient (Wildman–Crippen LogP) is 2.96. The summed E-state index contributed by atoms with van der Waals surface area (Å²) in [5.74, 6) is 0.627. The van der Waals surface area contributed by atoms with Gasteiger partial charge in [0.05, 0.1) is 41.5 Å². The Labute approximate surface area is 231 Å². The summed E-state index contributed by atoms with van der Waals surface area (Å²) in [5, 5.41) is 24.2. The number of halogens is 1. The van der Waals surface area contributed by atoms with Gasteiger partial charge in [0.15, 0.2) is 5.65 Å². The monoisotopic (exact) mass is 549 g/mol. The third kappa shape index (κ3) is 6.36. The fourth-order valence-electron chi connectivity index (χ4n) is 4.64. The van der Waals surface area contributed by atoms with E-state index >= 15 is 0 Å². The molecule has 1 aliphatic heterocycles. The lowest BCUT2D eigenvalue weighted by molar-refractivity contribution is -0.119. The number of carbonyl (C=O) groups excluding carboxylic acids is 1. The van der Waals surface area contributed by atoms with Crippen molar-refractivity contribution in [1.82, 2.24) is 35.5 Å². The third-order valence-corrected chi connectivity index (χ3v) is 7.00. The Morgan fingerprint density at radius 2 is 1.92 bits per heavy atom. The van der Waals surface area contributed by atoms with Crippen LogP contribution in [0.5, 0.6) is 5.88 Å². The Morgan fingerprint density at radius 1 is 1.13 bits per heavy atom. The molecule has 1 aromatic carbocycles. The standard InChI is InChI=1S/C28H32ClN7O3/c1-17(37)12-30-15-20-16-36-25(32-20)10-9-24(35-36)22-5-3-4-21(27(22)29)23-8-6-18(28(34-23)39-2)13-31-14-19-7-11-26(38)33-19/h3-6,8-10,16-17,19,30-31,37H,7,11-15H2,1-2H3,(H,33,38)/t17?,19-/m0/s1. The number of nitrogens with zero attached hydrogens (tertiary/aromatic N) is 4. The van der Waals surface area contributed by atoms with E-state index in [4.69, 9.17) is 26.4 Å². The molecule has 2 atom stereocenters. The number of aliphatic hydroxyl groups excluding tert-OH is 1. The smallest absolute Gasteiger partial charge is 0.220 e. The van der Waals surface area contributed by atoms with Gasteiger partial charge >= 0.3 is 0 Å². The molecule has 204 valence electrons. The van der Waals surface area contributed by atoms with Gasteiger partial charge in [-0.3, -0.25) is 4.79 Å². The van der Waals surface area contributed by atoms with E-state index in [1.807, 2.05) is 48.7 Å². The number of methoxy groups -OCH3 is 1. The van der Waals surface area contributed by atoms with Gasteiger partial charge in [-0.2, -0.15) is 5.10 Å². The number of ether oxygens (including phenoxy) is 1. The van der Waals surface area contributed by atoms with E-state index in [2.05, 4.69) is 20.9 Å². The van der Waals surface area contributed by atoms with Gasteiger partial charge in [-0.1, -0.05) is 35.9 Å². The minimum atomic E-state index is -0.421. The van der Waals surface area contributed by atoms with Crippen molar-refractivity contribution in [3.8, 4) is 28.4 Å². The van der Waals surface area contributed by atoms with E-state index in [0.717, 1.165) is 34.5 Å². The summed E-state index contributed by atoms with van der Waals surface area (Å²) in [6.07, 6.45) is 2.88.